The molecule has 0 bridgehead atoms. The molecule has 1 aliphatic carbocycles. The van der Waals surface area contributed by atoms with Crippen LogP contribution in [0.5, 0.6) is 11.5 Å². The average molecular weight is 430 g/mol. The number of piperazine rings is 1. The van der Waals surface area contributed by atoms with Gasteiger partial charge in [0.25, 0.3) is 0 Å². The summed E-state index contributed by atoms with van der Waals surface area (Å²) in [6.07, 6.45) is 7.69. The maximum absolute atomic E-state index is 13.1. The Morgan fingerprint density at radius 3 is 2.29 bits per heavy atom. The van der Waals surface area contributed by atoms with Gasteiger partial charge in [0.05, 0.1) is 20.8 Å². The van der Waals surface area contributed by atoms with Gasteiger partial charge >= 0.3 is 0 Å². The minimum Gasteiger partial charge on any atom is -0.493 e. The van der Waals surface area contributed by atoms with E-state index in [2.05, 4.69) is 33.8 Å². The molecule has 2 atom stereocenters. The van der Waals surface area contributed by atoms with Crippen LogP contribution in [0.3, 0.4) is 0 Å². The lowest BCUT2D eigenvalue weighted by atomic mass is 9.78. The van der Waals surface area contributed by atoms with Crippen LogP contribution in [0.15, 0.2) is 12.1 Å². The highest BCUT2D eigenvalue weighted by molar-refractivity contribution is 5.78. The number of fused-ring (bicyclic) bond motifs is 1. The maximum Gasteiger partial charge on any atom is 0.237 e. The first-order valence-electron chi connectivity index (χ1n) is 12.0. The number of hydrogen-bond acceptors (Lipinski definition) is 5. The number of hydrogen-bond donors (Lipinski definition) is 0. The number of aryl methyl sites for hydroxylation is 1. The van der Waals surface area contributed by atoms with E-state index in [4.69, 9.17) is 9.47 Å². The van der Waals surface area contributed by atoms with Crippen molar-refractivity contribution in [2.75, 3.05) is 53.5 Å². The SMILES string of the molecule is COc1cc(C)c(CN2CCN(CC(=O)N3CCC[C@H]4CCCC[C@H]43)CC2)cc1OC. The number of rotatable bonds is 6. The quantitative estimate of drug-likeness (QED) is 0.694. The smallest absolute Gasteiger partial charge is 0.237 e. The first-order chi connectivity index (χ1) is 15.1. The molecule has 6 heteroatoms. The van der Waals surface area contributed by atoms with Gasteiger partial charge in [-0.05, 0) is 61.8 Å². The second-order valence-electron chi connectivity index (χ2n) is 9.53. The highest BCUT2D eigenvalue weighted by Gasteiger charge is 2.36. The fourth-order valence-electron chi connectivity index (χ4n) is 5.76. The summed E-state index contributed by atoms with van der Waals surface area (Å²) in [5, 5.41) is 0. The van der Waals surface area contributed by atoms with E-state index in [0.29, 0.717) is 18.5 Å². The predicted molar refractivity (Wildman–Crippen MR) is 123 cm³/mol. The summed E-state index contributed by atoms with van der Waals surface area (Å²) >= 11 is 0. The van der Waals surface area contributed by atoms with Gasteiger partial charge in [-0.2, -0.15) is 0 Å². The fraction of sp³-hybridized carbons (Fsp3) is 0.720. The third kappa shape index (κ3) is 5.17. The lowest BCUT2D eigenvalue weighted by Gasteiger charge is -2.45. The molecule has 1 aromatic rings. The summed E-state index contributed by atoms with van der Waals surface area (Å²) in [7, 11) is 3.36. The Morgan fingerprint density at radius 2 is 1.55 bits per heavy atom. The summed E-state index contributed by atoms with van der Waals surface area (Å²) < 4.78 is 10.9. The Bertz CT molecular complexity index is 759. The normalized spacial score (nSPS) is 25.2. The molecule has 2 aliphatic heterocycles. The lowest BCUT2D eigenvalue weighted by molar-refractivity contribution is -0.139. The molecule has 2 heterocycles. The average Bonchev–Trinajstić information content (AvgIpc) is 2.80. The number of amides is 1. The zero-order chi connectivity index (χ0) is 21.8. The van der Waals surface area contributed by atoms with E-state index in [1.54, 1.807) is 14.2 Å². The molecule has 31 heavy (non-hydrogen) atoms. The largest absolute Gasteiger partial charge is 0.493 e. The number of methoxy groups -OCH3 is 2. The van der Waals surface area contributed by atoms with Crippen LogP contribution < -0.4 is 9.47 Å². The van der Waals surface area contributed by atoms with Crippen LogP contribution in [-0.4, -0.2) is 80.1 Å². The van der Waals surface area contributed by atoms with Gasteiger partial charge in [0.2, 0.25) is 5.91 Å². The molecule has 0 radical (unpaired) electrons. The van der Waals surface area contributed by atoms with Crippen molar-refractivity contribution in [1.82, 2.24) is 14.7 Å². The molecule has 1 amide bonds. The topological polar surface area (TPSA) is 45.2 Å². The molecular weight excluding hydrogens is 390 g/mol. The molecule has 0 unspecified atom stereocenters. The van der Waals surface area contributed by atoms with Crippen LogP contribution in [0.25, 0.3) is 0 Å². The van der Waals surface area contributed by atoms with Gasteiger partial charge in [-0.3, -0.25) is 14.6 Å². The van der Waals surface area contributed by atoms with Crippen LogP contribution in [0, 0.1) is 12.8 Å². The first kappa shape index (κ1) is 22.4. The van der Waals surface area contributed by atoms with Crippen molar-refractivity contribution < 1.29 is 14.3 Å². The molecule has 6 nitrogen and oxygen atoms in total. The molecule has 0 spiro atoms. The number of carbonyl (C=O) groups excluding carboxylic acids is 1. The number of piperidine rings is 1. The van der Waals surface area contributed by atoms with Crippen LogP contribution in [0.4, 0.5) is 0 Å². The predicted octanol–water partition coefficient (Wildman–Crippen LogP) is 3.31. The van der Waals surface area contributed by atoms with Crippen LogP contribution in [0.2, 0.25) is 0 Å². The molecule has 1 saturated carbocycles. The van der Waals surface area contributed by atoms with Gasteiger partial charge in [-0.15, -0.1) is 0 Å². The molecule has 4 rings (SSSR count). The Labute approximate surface area is 187 Å². The van der Waals surface area contributed by atoms with E-state index in [1.165, 1.54) is 49.7 Å². The van der Waals surface area contributed by atoms with E-state index < -0.39 is 0 Å². The molecule has 2 saturated heterocycles. The number of ether oxygens (including phenoxy) is 2. The first-order valence-corrected chi connectivity index (χ1v) is 12.0. The maximum atomic E-state index is 13.1. The van der Waals surface area contributed by atoms with Crippen LogP contribution in [0.1, 0.15) is 49.7 Å². The van der Waals surface area contributed by atoms with E-state index in [1.807, 2.05) is 0 Å². The molecule has 1 aromatic carbocycles. The molecular formula is C25H39N3O3. The summed E-state index contributed by atoms with van der Waals surface area (Å²) in [4.78, 5) is 20.2. The van der Waals surface area contributed by atoms with E-state index >= 15 is 0 Å². The zero-order valence-electron chi connectivity index (χ0n) is 19.6. The molecule has 0 aromatic heterocycles. The highest BCUT2D eigenvalue weighted by atomic mass is 16.5. The van der Waals surface area contributed by atoms with Crippen molar-refractivity contribution in [3.05, 3.63) is 23.3 Å². The zero-order valence-corrected chi connectivity index (χ0v) is 19.6. The van der Waals surface area contributed by atoms with Crippen LogP contribution >= 0.6 is 0 Å². The summed E-state index contributed by atoms with van der Waals surface area (Å²) in [5.74, 6) is 2.69. The van der Waals surface area contributed by atoms with Gasteiger partial charge in [-0.25, -0.2) is 0 Å². The molecule has 172 valence electrons. The van der Waals surface area contributed by atoms with Gasteiger partial charge in [0.15, 0.2) is 11.5 Å². The number of benzene rings is 1. The summed E-state index contributed by atoms with van der Waals surface area (Å²) in [6.45, 7) is 8.50. The van der Waals surface area contributed by atoms with Crippen molar-refractivity contribution in [1.29, 1.82) is 0 Å². The van der Waals surface area contributed by atoms with Gasteiger partial charge in [0.1, 0.15) is 0 Å². The Kier molecular flexibility index (Phi) is 7.39. The summed E-state index contributed by atoms with van der Waals surface area (Å²) in [5.41, 5.74) is 2.50. The Morgan fingerprint density at radius 1 is 0.903 bits per heavy atom. The highest BCUT2D eigenvalue weighted by Crippen LogP contribution is 2.35. The fourth-order valence-corrected chi connectivity index (χ4v) is 5.76. The minimum absolute atomic E-state index is 0.362. The molecule has 0 N–H and O–H groups in total. The van der Waals surface area contributed by atoms with E-state index in [0.717, 1.165) is 56.7 Å². The van der Waals surface area contributed by atoms with Crippen molar-refractivity contribution in [2.24, 2.45) is 5.92 Å². The molecule has 3 fully saturated rings. The van der Waals surface area contributed by atoms with Crippen molar-refractivity contribution >= 4 is 5.91 Å². The Hall–Kier alpha value is -1.79. The second kappa shape index (κ2) is 10.2. The van der Waals surface area contributed by atoms with Gasteiger partial charge in [0, 0.05) is 45.3 Å². The number of likely N-dealkylation sites (tertiary alicyclic amines) is 1. The minimum atomic E-state index is 0.362. The van der Waals surface area contributed by atoms with Gasteiger partial charge < -0.3 is 14.4 Å². The van der Waals surface area contributed by atoms with Gasteiger partial charge in [-0.1, -0.05) is 12.8 Å². The number of carbonyl (C=O) groups is 1. The third-order valence-electron chi connectivity index (χ3n) is 7.62. The van der Waals surface area contributed by atoms with E-state index in [-0.39, 0.29) is 0 Å². The van der Waals surface area contributed by atoms with Crippen LogP contribution in [-0.2, 0) is 11.3 Å². The van der Waals surface area contributed by atoms with Crippen molar-refractivity contribution in [3.63, 3.8) is 0 Å². The Balaban J connectivity index is 1.28. The number of nitrogens with zero attached hydrogens (tertiary/aromatic N) is 3. The monoisotopic (exact) mass is 429 g/mol. The molecule has 3 aliphatic rings. The summed E-state index contributed by atoms with van der Waals surface area (Å²) in [6, 6.07) is 4.67. The van der Waals surface area contributed by atoms with E-state index in [9.17, 15) is 4.79 Å². The second-order valence-corrected chi connectivity index (χ2v) is 9.53. The standard InChI is InChI=1S/C25H39N3O3/c1-19-15-23(30-2)24(31-3)16-21(19)17-26-11-13-27(14-12-26)18-25(29)28-10-6-8-20-7-4-5-9-22(20)28/h15-16,20,22H,4-14,17-18H2,1-3H3/t20-,22-/m1/s1. The van der Waals surface area contributed by atoms with Crippen molar-refractivity contribution in [2.45, 2.75) is 58.0 Å². The lowest BCUT2D eigenvalue weighted by Crippen LogP contribution is -2.54. The third-order valence-corrected chi connectivity index (χ3v) is 7.62. The van der Waals surface area contributed by atoms with Crippen molar-refractivity contribution in [3.8, 4) is 11.5 Å².